The number of thiazole rings is 1. The van der Waals surface area contributed by atoms with Gasteiger partial charge in [-0.2, -0.15) is 0 Å². The summed E-state index contributed by atoms with van der Waals surface area (Å²) in [5.74, 6) is 0.754. The molecule has 2 rings (SSSR count). The van der Waals surface area contributed by atoms with Gasteiger partial charge in [0.05, 0.1) is 15.6 Å². The van der Waals surface area contributed by atoms with Crippen molar-refractivity contribution < 1.29 is 4.74 Å². The highest BCUT2D eigenvalue weighted by atomic mass is 32.1. The Morgan fingerprint density at radius 1 is 1.35 bits per heavy atom. The Labute approximate surface area is 104 Å². The van der Waals surface area contributed by atoms with Gasteiger partial charge in [-0.3, -0.25) is 4.98 Å². The summed E-state index contributed by atoms with van der Waals surface area (Å²) < 4.78 is 5.71. The van der Waals surface area contributed by atoms with Crippen LogP contribution >= 0.6 is 11.3 Å². The second kappa shape index (κ2) is 5.25. The van der Waals surface area contributed by atoms with E-state index in [0.29, 0.717) is 13.2 Å². The molecule has 5 heteroatoms. The lowest BCUT2D eigenvalue weighted by molar-refractivity contribution is 0.304. The summed E-state index contributed by atoms with van der Waals surface area (Å²) >= 11 is 1.64. The van der Waals surface area contributed by atoms with E-state index in [-0.39, 0.29) is 0 Å². The first-order valence-electron chi connectivity index (χ1n) is 5.39. The summed E-state index contributed by atoms with van der Waals surface area (Å²) in [5.41, 5.74) is 7.39. The zero-order valence-corrected chi connectivity index (χ0v) is 10.8. The fourth-order valence-electron chi connectivity index (χ4n) is 1.50. The van der Waals surface area contributed by atoms with Crippen LogP contribution in [0.15, 0.2) is 18.3 Å². The van der Waals surface area contributed by atoms with Gasteiger partial charge in [0, 0.05) is 18.4 Å². The molecule has 0 saturated heterocycles. The van der Waals surface area contributed by atoms with Crippen molar-refractivity contribution in [3.05, 3.63) is 39.6 Å². The molecule has 0 unspecified atom stereocenters. The SMILES string of the molecule is Cc1ccc(OCc2cnc(C)s2)c(CN)n1. The Kier molecular flexibility index (Phi) is 3.71. The minimum Gasteiger partial charge on any atom is -0.486 e. The van der Waals surface area contributed by atoms with Crippen LogP contribution in [0.1, 0.15) is 21.3 Å². The Morgan fingerprint density at radius 2 is 2.18 bits per heavy atom. The highest BCUT2D eigenvalue weighted by Crippen LogP contribution is 2.19. The van der Waals surface area contributed by atoms with Crippen LogP contribution in [0.25, 0.3) is 0 Å². The lowest BCUT2D eigenvalue weighted by Crippen LogP contribution is -2.05. The van der Waals surface area contributed by atoms with Crippen LogP contribution in [0.2, 0.25) is 0 Å². The van der Waals surface area contributed by atoms with Crippen molar-refractivity contribution in [2.24, 2.45) is 5.73 Å². The van der Waals surface area contributed by atoms with Gasteiger partial charge in [0.2, 0.25) is 0 Å². The molecule has 2 aromatic rings. The van der Waals surface area contributed by atoms with E-state index in [2.05, 4.69) is 9.97 Å². The van der Waals surface area contributed by atoms with Gasteiger partial charge in [-0.05, 0) is 26.0 Å². The molecule has 90 valence electrons. The zero-order chi connectivity index (χ0) is 12.3. The molecule has 17 heavy (non-hydrogen) atoms. The first-order valence-corrected chi connectivity index (χ1v) is 6.21. The average Bonchev–Trinajstić information content (AvgIpc) is 2.73. The summed E-state index contributed by atoms with van der Waals surface area (Å²) in [6.45, 7) is 4.82. The van der Waals surface area contributed by atoms with E-state index in [4.69, 9.17) is 10.5 Å². The van der Waals surface area contributed by atoms with Gasteiger partial charge < -0.3 is 10.5 Å². The predicted molar refractivity (Wildman–Crippen MR) is 68.0 cm³/mol. The Morgan fingerprint density at radius 3 is 2.82 bits per heavy atom. The molecule has 0 aromatic carbocycles. The van der Waals surface area contributed by atoms with Crippen molar-refractivity contribution >= 4 is 11.3 Å². The van der Waals surface area contributed by atoms with Gasteiger partial charge in [-0.25, -0.2) is 4.98 Å². The van der Waals surface area contributed by atoms with Crippen molar-refractivity contribution in [1.82, 2.24) is 9.97 Å². The molecule has 2 heterocycles. The monoisotopic (exact) mass is 249 g/mol. The van der Waals surface area contributed by atoms with E-state index in [9.17, 15) is 0 Å². The van der Waals surface area contributed by atoms with Crippen molar-refractivity contribution in [2.75, 3.05) is 0 Å². The number of ether oxygens (including phenoxy) is 1. The van der Waals surface area contributed by atoms with Gasteiger partial charge in [0.25, 0.3) is 0 Å². The minimum absolute atomic E-state index is 0.388. The second-order valence-electron chi connectivity index (χ2n) is 3.74. The molecule has 0 aliphatic heterocycles. The third-order valence-corrected chi connectivity index (χ3v) is 3.19. The van der Waals surface area contributed by atoms with E-state index >= 15 is 0 Å². The van der Waals surface area contributed by atoms with Crippen molar-refractivity contribution in [1.29, 1.82) is 0 Å². The smallest absolute Gasteiger partial charge is 0.142 e. The molecule has 2 N–H and O–H groups in total. The highest BCUT2D eigenvalue weighted by molar-refractivity contribution is 7.11. The van der Waals surface area contributed by atoms with Gasteiger partial charge >= 0.3 is 0 Å². The van der Waals surface area contributed by atoms with Crippen LogP contribution in [0.5, 0.6) is 5.75 Å². The maximum absolute atomic E-state index is 5.71. The molecule has 0 saturated carbocycles. The van der Waals surface area contributed by atoms with Crippen LogP contribution in [0, 0.1) is 13.8 Å². The standard InChI is InChI=1S/C12H15N3OS/c1-8-3-4-12(11(5-13)15-8)16-7-10-6-14-9(2)17-10/h3-4,6H,5,7,13H2,1-2H3. The van der Waals surface area contributed by atoms with Crippen LogP contribution in [0.3, 0.4) is 0 Å². The van der Waals surface area contributed by atoms with Gasteiger partial charge in [-0.15, -0.1) is 11.3 Å². The summed E-state index contributed by atoms with van der Waals surface area (Å²) in [6, 6.07) is 3.84. The average molecular weight is 249 g/mol. The molecule has 0 aliphatic carbocycles. The lowest BCUT2D eigenvalue weighted by atomic mass is 10.3. The van der Waals surface area contributed by atoms with E-state index in [1.807, 2.05) is 32.2 Å². The lowest BCUT2D eigenvalue weighted by Gasteiger charge is -2.09. The van der Waals surface area contributed by atoms with Gasteiger partial charge in [0.15, 0.2) is 0 Å². The molecule has 4 nitrogen and oxygen atoms in total. The Bertz CT molecular complexity index is 510. The van der Waals surface area contributed by atoms with Crippen LogP contribution in [-0.4, -0.2) is 9.97 Å². The maximum atomic E-state index is 5.71. The highest BCUT2D eigenvalue weighted by Gasteiger charge is 2.05. The first kappa shape index (κ1) is 12.0. The summed E-state index contributed by atoms with van der Waals surface area (Å²) in [7, 11) is 0. The maximum Gasteiger partial charge on any atom is 0.142 e. The number of rotatable bonds is 4. The first-order chi connectivity index (χ1) is 8.19. The summed E-state index contributed by atoms with van der Waals surface area (Å²) in [5, 5.41) is 1.05. The fraction of sp³-hybridized carbons (Fsp3) is 0.333. The Hall–Kier alpha value is -1.46. The quantitative estimate of drug-likeness (QED) is 0.902. The topological polar surface area (TPSA) is 61.0 Å². The minimum atomic E-state index is 0.388. The second-order valence-corrected chi connectivity index (χ2v) is 5.06. The third-order valence-electron chi connectivity index (χ3n) is 2.30. The fourth-order valence-corrected chi connectivity index (χ4v) is 2.20. The number of nitrogens with zero attached hydrogens (tertiary/aromatic N) is 2. The molecule has 0 spiro atoms. The zero-order valence-electron chi connectivity index (χ0n) is 9.93. The molecule has 0 radical (unpaired) electrons. The van der Waals surface area contributed by atoms with Gasteiger partial charge in [-0.1, -0.05) is 0 Å². The number of nitrogens with two attached hydrogens (primary N) is 1. The van der Waals surface area contributed by atoms with Crippen LogP contribution in [0.4, 0.5) is 0 Å². The number of hydrogen-bond donors (Lipinski definition) is 1. The number of aromatic nitrogens is 2. The predicted octanol–water partition coefficient (Wildman–Crippen LogP) is 2.19. The third kappa shape index (κ3) is 3.01. The number of pyridine rings is 1. The molecular weight excluding hydrogens is 234 g/mol. The van der Waals surface area contributed by atoms with E-state index in [1.165, 1.54) is 0 Å². The normalized spacial score (nSPS) is 10.5. The van der Waals surface area contributed by atoms with E-state index in [0.717, 1.165) is 27.0 Å². The summed E-state index contributed by atoms with van der Waals surface area (Å²) in [6.07, 6.45) is 1.84. The Balaban J connectivity index is 2.08. The molecule has 0 amide bonds. The molecule has 0 bridgehead atoms. The largest absolute Gasteiger partial charge is 0.486 e. The summed E-state index contributed by atoms with van der Waals surface area (Å²) in [4.78, 5) is 9.63. The molecular formula is C12H15N3OS. The number of hydrogen-bond acceptors (Lipinski definition) is 5. The molecule has 0 aliphatic rings. The molecule has 0 fully saturated rings. The number of aryl methyl sites for hydroxylation is 2. The molecule has 2 aromatic heterocycles. The van der Waals surface area contributed by atoms with E-state index in [1.54, 1.807) is 11.3 Å². The molecule has 0 atom stereocenters. The van der Waals surface area contributed by atoms with Gasteiger partial charge in [0.1, 0.15) is 12.4 Å². The van der Waals surface area contributed by atoms with E-state index < -0.39 is 0 Å². The van der Waals surface area contributed by atoms with Crippen molar-refractivity contribution in [3.63, 3.8) is 0 Å². The van der Waals surface area contributed by atoms with Crippen LogP contribution < -0.4 is 10.5 Å². The van der Waals surface area contributed by atoms with Crippen molar-refractivity contribution in [3.8, 4) is 5.75 Å². The van der Waals surface area contributed by atoms with Crippen molar-refractivity contribution in [2.45, 2.75) is 27.0 Å². The van der Waals surface area contributed by atoms with Crippen LogP contribution in [-0.2, 0) is 13.2 Å².